The van der Waals surface area contributed by atoms with E-state index >= 15 is 0 Å². The Kier molecular flexibility index (Phi) is 5.49. The van der Waals surface area contributed by atoms with Crippen molar-refractivity contribution in [1.82, 2.24) is 9.79 Å². The Labute approximate surface area is 203 Å². The van der Waals surface area contributed by atoms with E-state index in [1.165, 1.54) is 42.7 Å². The average Bonchev–Trinajstić information content (AvgIpc) is 3.67. The van der Waals surface area contributed by atoms with Gasteiger partial charge in [-0.15, -0.1) is 11.3 Å². The molecule has 2 nitrogen and oxygen atoms in total. The topological polar surface area (TPSA) is 17.0 Å². The van der Waals surface area contributed by atoms with E-state index in [-0.39, 0.29) is 6.85 Å². The highest BCUT2D eigenvalue weighted by Gasteiger charge is 2.31. The van der Waals surface area contributed by atoms with Crippen molar-refractivity contribution >= 4 is 67.3 Å². The third-order valence-electron chi connectivity index (χ3n) is 5.61. The van der Waals surface area contributed by atoms with E-state index in [9.17, 15) is 0 Å². The molecule has 0 bridgehead atoms. The van der Waals surface area contributed by atoms with Crippen LogP contribution in [0.15, 0.2) is 99.3 Å². The molecule has 1 aliphatic heterocycles. The molecule has 0 aliphatic carbocycles. The van der Waals surface area contributed by atoms with Crippen molar-refractivity contribution in [2.45, 2.75) is 0 Å². The zero-order chi connectivity index (χ0) is 21.3. The lowest BCUT2D eigenvalue weighted by Crippen LogP contribution is -2.47. The fraction of sp³-hybridized carbons (Fsp3) is 0.0400. The van der Waals surface area contributed by atoms with Crippen LogP contribution in [0.3, 0.4) is 0 Å². The SMILES string of the molecule is C1=C/C(=C(\c2ccsc2)c2ccc(-c3cccs3)n2B(c2cccs2)c2cccs2)NC1. The van der Waals surface area contributed by atoms with Crippen LogP contribution in [0.2, 0.25) is 0 Å². The molecule has 0 amide bonds. The summed E-state index contributed by atoms with van der Waals surface area (Å²) in [5, 5.41) is 14.5. The normalized spacial score (nSPS) is 14.6. The summed E-state index contributed by atoms with van der Waals surface area (Å²) < 4.78 is 5.26. The largest absolute Gasteiger partial charge is 0.381 e. The third kappa shape index (κ3) is 3.55. The highest BCUT2D eigenvalue weighted by atomic mass is 32.1. The van der Waals surface area contributed by atoms with E-state index in [2.05, 4.69) is 103 Å². The molecule has 0 unspecified atom stereocenters. The second-order valence-electron chi connectivity index (χ2n) is 7.47. The van der Waals surface area contributed by atoms with Crippen LogP contribution >= 0.6 is 45.3 Å². The summed E-state index contributed by atoms with van der Waals surface area (Å²) in [6, 6.07) is 20.0. The molecule has 0 spiro atoms. The number of allylic oxidation sites excluding steroid dienone is 1. The van der Waals surface area contributed by atoms with Crippen molar-refractivity contribution in [3.63, 3.8) is 0 Å². The van der Waals surface area contributed by atoms with Gasteiger partial charge in [-0.25, -0.2) is 0 Å². The maximum Gasteiger partial charge on any atom is 0.349 e. The summed E-state index contributed by atoms with van der Waals surface area (Å²) >= 11 is 7.20. The van der Waals surface area contributed by atoms with Gasteiger partial charge < -0.3 is 9.79 Å². The van der Waals surface area contributed by atoms with Crippen LogP contribution in [0.4, 0.5) is 0 Å². The Hall–Kier alpha value is -2.58. The second kappa shape index (κ2) is 8.75. The van der Waals surface area contributed by atoms with Crippen molar-refractivity contribution in [1.29, 1.82) is 0 Å². The first-order chi connectivity index (χ1) is 15.9. The molecule has 0 aromatic carbocycles. The fourth-order valence-corrected chi connectivity index (χ4v) is 7.40. The van der Waals surface area contributed by atoms with Gasteiger partial charge in [0, 0.05) is 43.6 Å². The lowest BCUT2D eigenvalue weighted by atomic mass is 9.58. The molecule has 0 saturated heterocycles. The van der Waals surface area contributed by atoms with E-state index in [0.717, 1.165) is 6.54 Å². The number of thiophene rings is 4. The van der Waals surface area contributed by atoms with Crippen LogP contribution in [-0.4, -0.2) is 17.9 Å². The number of nitrogens with one attached hydrogen (secondary N) is 1. The average molecular weight is 487 g/mol. The Bertz CT molecular complexity index is 1320. The Morgan fingerprint density at radius 3 is 2.22 bits per heavy atom. The van der Waals surface area contributed by atoms with Gasteiger partial charge >= 0.3 is 6.85 Å². The summed E-state index contributed by atoms with van der Waals surface area (Å²) in [6.45, 7) is 1.01. The minimum atomic E-state index is 0.136. The van der Waals surface area contributed by atoms with Crippen LogP contribution < -0.4 is 14.9 Å². The first-order valence-corrected chi connectivity index (χ1v) is 14.0. The quantitative estimate of drug-likeness (QED) is 0.293. The van der Waals surface area contributed by atoms with Gasteiger partial charge in [-0.3, -0.25) is 0 Å². The van der Waals surface area contributed by atoms with Crippen molar-refractivity contribution in [2.24, 2.45) is 0 Å². The highest BCUT2D eigenvalue weighted by molar-refractivity contribution is 7.30. The summed E-state index contributed by atoms with van der Waals surface area (Å²) in [4.78, 5) is 1.29. The molecule has 156 valence electrons. The summed E-state index contributed by atoms with van der Waals surface area (Å²) in [7, 11) is 0. The first kappa shape index (κ1) is 20.1. The van der Waals surface area contributed by atoms with E-state index in [0.29, 0.717) is 0 Å². The lowest BCUT2D eigenvalue weighted by Gasteiger charge is -2.22. The molecule has 6 heterocycles. The molecule has 0 fully saturated rings. The van der Waals surface area contributed by atoms with Gasteiger partial charge in [-0.1, -0.05) is 36.4 Å². The Morgan fingerprint density at radius 1 is 0.844 bits per heavy atom. The van der Waals surface area contributed by atoms with E-state index in [4.69, 9.17) is 0 Å². The standard InChI is InChI=1S/C25H19BN2S4/c1-5-19(27-12-1)25(18-11-16-29-17-18)21-10-9-20(22-6-2-13-30-22)28(21)26(23-7-3-14-31-23)24-8-4-15-32-24/h1-11,13-17,27H,12H2/b25-19-. The predicted octanol–water partition coefficient (Wildman–Crippen LogP) is 5.97. The zero-order valence-corrected chi connectivity index (χ0v) is 20.4. The van der Waals surface area contributed by atoms with Gasteiger partial charge in [0.2, 0.25) is 0 Å². The molecule has 5 aromatic heterocycles. The smallest absolute Gasteiger partial charge is 0.349 e. The van der Waals surface area contributed by atoms with Gasteiger partial charge in [0.1, 0.15) is 0 Å². The first-order valence-electron chi connectivity index (χ1n) is 10.4. The highest BCUT2D eigenvalue weighted by Crippen LogP contribution is 2.35. The molecule has 5 aromatic rings. The van der Waals surface area contributed by atoms with Crippen LogP contribution in [0.5, 0.6) is 0 Å². The number of hydrogen-bond acceptors (Lipinski definition) is 5. The Morgan fingerprint density at radius 2 is 1.62 bits per heavy atom. The summed E-state index contributed by atoms with van der Waals surface area (Å²) in [5.74, 6) is 0. The molecule has 0 saturated carbocycles. The maximum atomic E-state index is 3.59. The molecule has 7 heteroatoms. The predicted molar refractivity (Wildman–Crippen MR) is 144 cm³/mol. The minimum absolute atomic E-state index is 0.136. The molecular formula is C25H19BN2S4. The van der Waals surface area contributed by atoms with Crippen LogP contribution in [0, 0.1) is 0 Å². The lowest BCUT2D eigenvalue weighted by molar-refractivity contribution is 0.981. The zero-order valence-electron chi connectivity index (χ0n) is 17.1. The minimum Gasteiger partial charge on any atom is -0.381 e. The van der Waals surface area contributed by atoms with Gasteiger partial charge in [-0.05, 0) is 62.8 Å². The number of nitrogens with zero attached hydrogens (tertiary/aromatic N) is 1. The van der Waals surface area contributed by atoms with Crippen molar-refractivity contribution < 1.29 is 0 Å². The molecule has 1 aliphatic rings. The summed E-state index contributed by atoms with van der Waals surface area (Å²) in [5.41, 5.74) is 6.22. The maximum absolute atomic E-state index is 3.59. The molecule has 32 heavy (non-hydrogen) atoms. The fourth-order valence-electron chi connectivity index (χ4n) is 4.27. The van der Waals surface area contributed by atoms with Gasteiger partial charge in [0.25, 0.3) is 0 Å². The summed E-state index contributed by atoms with van der Waals surface area (Å²) in [6.07, 6.45) is 4.42. The van der Waals surface area contributed by atoms with Gasteiger partial charge in [0.05, 0.1) is 0 Å². The van der Waals surface area contributed by atoms with Crippen molar-refractivity contribution in [3.05, 3.63) is 111 Å². The van der Waals surface area contributed by atoms with Gasteiger partial charge in [-0.2, -0.15) is 34.0 Å². The van der Waals surface area contributed by atoms with Crippen molar-refractivity contribution in [2.75, 3.05) is 6.54 Å². The molecule has 6 rings (SSSR count). The monoisotopic (exact) mass is 486 g/mol. The number of rotatable bonds is 6. The molecule has 1 N–H and O–H groups in total. The second-order valence-corrected chi connectivity index (χ2v) is 11.2. The van der Waals surface area contributed by atoms with Crippen LogP contribution in [0.1, 0.15) is 11.3 Å². The van der Waals surface area contributed by atoms with Crippen LogP contribution in [-0.2, 0) is 0 Å². The van der Waals surface area contributed by atoms with E-state index < -0.39 is 0 Å². The number of aromatic nitrogens is 1. The van der Waals surface area contributed by atoms with E-state index in [1.54, 1.807) is 22.7 Å². The van der Waals surface area contributed by atoms with Gasteiger partial charge in [0.15, 0.2) is 0 Å². The number of hydrogen-bond donors (Lipinski definition) is 1. The Balaban J connectivity index is 1.66. The van der Waals surface area contributed by atoms with Crippen LogP contribution in [0.25, 0.3) is 16.1 Å². The van der Waals surface area contributed by atoms with Crippen molar-refractivity contribution in [3.8, 4) is 10.6 Å². The van der Waals surface area contributed by atoms with E-state index in [1.807, 2.05) is 22.7 Å². The molecule has 0 atom stereocenters. The third-order valence-corrected chi connectivity index (χ3v) is 9.03. The molecule has 0 radical (unpaired) electrons. The molecular weight excluding hydrogens is 467 g/mol.